The molecule has 1 N–H and O–H groups in total. The maximum atomic E-state index is 11.9. The molecule has 0 bridgehead atoms. The van der Waals surface area contributed by atoms with Crippen LogP contribution in [0, 0.1) is 0 Å². The zero-order valence-corrected chi connectivity index (χ0v) is 11.2. The van der Waals surface area contributed by atoms with Gasteiger partial charge < -0.3 is 9.84 Å². The first-order valence-electron chi connectivity index (χ1n) is 5.44. The lowest BCUT2D eigenvalue weighted by molar-refractivity contribution is -0.148. The molecule has 1 fully saturated rings. The Hall–Kier alpha value is -0.970. The van der Waals surface area contributed by atoms with Crippen LogP contribution in [-0.4, -0.2) is 45.1 Å². The van der Waals surface area contributed by atoms with Gasteiger partial charge in [0.1, 0.15) is 11.1 Å². The summed E-state index contributed by atoms with van der Waals surface area (Å²) in [4.78, 5) is 24.3. The third kappa shape index (κ3) is 3.03. The van der Waals surface area contributed by atoms with Crippen LogP contribution in [0.15, 0.2) is 0 Å². The molecule has 1 heterocycles. The van der Waals surface area contributed by atoms with Crippen molar-refractivity contribution < 1.29 is 19.4 Å². The Balaban J connectivity index is 2.88. The molecule has 17 heavy (non-hydrogen) atoms. The number of alkyl halides is 1. The van der Waals surface area contributed by atoms with Crippen LogP contribution < -0.4 is 0 Å². The van der Waals surface area contributed by atoms with Gasteiger partial charge >= 0.3 is 12.1 Å². The van der Waals surface area contributed by atoms with Crippen LogP contribution in [0.2, 0.25) is 0 Å². The van der Waals surface area contributed by atoms with Crippen LogP contribution in [0.1, 0.15) is 34.1 Å². The highest BCUT2D eigenvalue weighted by Crippen LogP contribution is 2.33. The van der Waals surface area contributed by atoms with Crippen molar-refractivity contribution in [2.75, 3.05) is 6.54 Å². The van der Waals surface area contributed by atoms with Crippen molar-refractivity contribution in [2.45, 2.75) is 50.6 Å². The van der Waals surface area contributed by atoms with Gasteiger partial charge in [0.2, 0.25) is 0 Å². The number of carboxylic acids is 1. The van der Waals surface area contributed by atoms with Gasteiger partial charge in [-0.3, -0.25) is 4.90 Å². The molecule has 2 atom stereocenters. The standard InChI is InChI=1S/C11H18ClNO4/c1-10(2,3)17-9(16)13-6-7(12)5-11(13,4)8(14)15/h7H,5-6H2,1-4H3,(H,14,15)/t7-,11-/m0/s1. The lowest BCUT2D eigenvalue weighted by atomic mass is 10.00. The summed E-state index contributed by atoms with van der Waals surface area (Å²) in [5.74, 6) is -1.06. The molecule has 0 unspecified atom stereocenters. The maximum Gasteiger partial charge on any atom is 0.411 e. The van der Waals surface area contributed by atoms with Crippen molar-refractivity contribution >= 4 is 23.7 Å². The summed E-state index contributed by atoms with van der Waals surface area (Å²) in [6.07, 6.45) is -0.408. The average molecular weight is 264 g/mol. The fourth-order valence-electron chi connectivity index (χ4n) is 1.80. The van der Waals surface area contributed by atoms with Gasteiger partial charge in [0.05, 0.1) is 5.38 Å². The molecule has 1 amide bonds. The molecule has 0 spiro atoms. The van der Waals surface area contributed by atoms with E-state index in [1.807, 2.05) is 0 Å². The number of likely N-dealkylation sites (tertiary alicyclic amines) is 1. The summed E-state index contributed by atoms with van der Waals surface area (Å²) < 4.78 is 5.18. The Bertz CT molecular complexity index is 339. The van der Waals surface area contributed by atoms with Crippen LogP contribution in [0.3, 0.4) is 0 Å². The van der Waals surface area contributed by atoms with E-state index in [0.717, 1.165) is 0 Å². The fraction of sp³-hybridized carbons (Fsp3) is 0.818. The van der Waals surface area contributed by atoms with Crippen molar-refractivity contribution in [1.29, 1.82) is 0 Å². The first-order chi connectivity index (χ1) is 7.56. The highest BCUT2D eigenvalue weighted by Gasteiger charge is 2.51. The number of nitrogens with zero attached hydrogens (tertiary/aromatic N) is 1. The van der Waals surface area contributed by atoms with Crippen molar-refractivity contribution in [3.05, 3.63) is 0 Å². The largest absolute Gasteiger partial charge is 0.480 e. The maximum absolute atomic E-state index is 11.9. The van der Waals surface area contributed by atoms with E-state index in [-0.39, 0.29) is 18.3 Å². The second-order valence-corrected chi connectivity index (χ2v) is 6.09. The quantitative estimate of drug-likeness (QED) is 0.736. The van der Waals surface area contributed by atoms with Crippen LogP contribution in [0.5, 0.6) is 0 Å². The average Bonchev–Trinajstić information content (AvgIpc) is 2.40. The predicted molar refractivity (Wildman–Crippen MR) is 63.2 cm³/mol. The molecular weight excluding hydrogens is 246 g/mol. The van der Waals surface area contributed by atoms with E-state index in [1.165, 1.54) is 11.8 Å². The predicted octanol–water partition coefficient (Wildman–Crippen LogP) is 2.08. The number of amides is 1. The third-order valence-electron chi connectivity index (χ3n) is 2.67. The summed E-state index contributed by atoms with van der Waals surface area (Å²) >= 11 is 5.94. The fourth-order valence-corrected chi connectivity index (χ4v) is 2.24. The van der Waals surface area contributed by atoms with E-state index in [9.17, 15) is 14.7 Å². The molecule has 0 aliphatic carbocycles. The number of aliphatic carboxylic acids is 1. The van der Waals surface area contributed by atoms with Gasteiger partial charge in [-0.2, -0.15) is 0 Å². The van der Waals surface area contributed by atoms with Gasteiger partial charge in [-0.1, -0.05) is 0 Å². The lowest BCUT2D eigenvalue weighted by Crippen LogP contribution is -2.52. The summed E-state index contributed by atoms with van der Waals surface area (Å²) in [6.45, 7) is 6.88. The summed E-state index contributed by atoms with van der Waals surface area (Å²) in [7, 11) is 0. The smallest absolute Gasteiger partial charge is 0.411 e. The Morgan fingerprint density at radius 1 is 1.47 bits per heavy atom. The minimum atomic E-state index is -1.28. The van der Waals surface area contributed by atoms with Crippen LogP contribution in [-0.2, 0) is 9.53 Å². The van der Waals surface area contributed by atoms with E-state index in [4.69, 9.17) is 16.3 Å². The van der Waals surface area contributed by atoms with Gasteiger partial charge in [-0.15, -0.1) is 11.6 Å². The second-order valence-electron chi connectivity index (χ2n) is 5.47. The topological polar surface area (TPSA) is 66.8 Å². The summed E-state index contributed by atoms with van der Waals surface area (Å²) in [5, 5.41) is 8.84. The minimum Gasteiger partial charge on any atom is -0.480 e. The molecule has 0 aromatic carbocycles. The van der Waals surface area contributed by atoms with Gasteiger partial charge in [0, 0.05) is 6.54 Å². The van der Waals surface area contributed by atoms with Crippen molar-refractivity contribution in [2.24, 2.45) is 0 Å². The Morgan fingerprint density at radius 2 is 2.00 bits per heavy atom. The molecule has 1 saturated heterocycles. The minimum absolute atomic E-state index is 0.194. The summed E-state index contributed by atoms with van der Waals surface area (Å²) in [5.41, 5.74) is -1.93. The van der Waals surface area contributed by atoms with Crippen LogP contribution in [0.4, 0.5) is 4.79 Å². The van der Waals surface area contributed by atoms with E-state index >= 15 is 0 Å². The van der Waals surface area contributed by atoms with Crippen molar-refractivity contribution in [3.63, 3.8) is 0 Å². The number of hydrogen-bond acceptors (Lipinski definition) is 3. The first kappa shape index (κ1) is 14.1. The van der Waals surface area contributed by atoms with Gasteiger partial charge in [-0.25, -0.2) is 9.59 Å². The number of carbonyl (C=O) groups is 2. The second kappa shape index (κ2) is 4.37. The molecule has 0 aromatic rings. The molecule has 98 valence electrons. The zero-order valence-electron chi connectivity index (χ0n) is 10.5. The highest BCUT2D eigenvalue weighted by molar-refractivity contribution is 6.21. The number of ether oxygens (including phenoxy) is 1. The number of halogens is 1. The molecule has 5 nitrogen and oxygen atoms in total. The van der Waals surface area contributed by atoms with Gasteiger partial charge in [0.25, 0.3) is 0 Å². The highest BCUT2D eigenvalue weighted by atomic mass is 35.5. The SMILES string of the molecule is CC(C)(C)OC(=O)N1C[C@@H](Cl)C[C@@]1(C)C(=O)O. The van der Waals surface area contributed by atoms with E-state index in [1.54, 1.807) is 20.8 Å². The zero-order chi connectivity index (χ0) is 13.4. The van der Waals surface area contributed by atoms with E-state index in [2.05, 4.69) is 0 Å². The van der Waals surface area contributed by atoms with E-state index in [0.29, 0.717) is 0 Å². The first-order valence-corrected chi connectivity index (χ1v) is 5.88. The molecule has 1 aliphatic rings. The monoisotopic (exact) mass is 263 g/mol. The number of rotatable bonds is 1. The lowest BCUT2D eigenvalue weighted by Gasteiger charge is -2.32. The normalized spacial score (nSPS) is 29.2. The third-order valence-corrected chi connectivity index (χ3v) is 2.96. The van der Waals surface area contributed by atoms with Gasteiger partial charge in [-0.05, 0) is 34.1 Å². The molecule has 6 heteroatoms. The molecule has 1 aliphatic heterocycles. The number of carboxylic acid groups (broad SMARTS) is 1. The Morgan fingerprint density at radius 3 is 2.41 bits per heavy atom. The number of hydrogen-bond donors (Lipinski definition) is 1. The molecule has 1 rings (SSSR count). The van der Waals surface area contributed by atoms with Gasteiger partial charge in [0.15, 0.2) is 0 Å². The van der Waals surface area contributed by atoms with Crippen molar-refractivity contribution in [1.82, 2.24) is 4.90 Å². The van der Waals surface area contributed by atoms with Crippen LogP contribution >= 0.6 is 11.6 Å². The van der Waals surface area contributed by atoms with Crippen LogP contribution in [0.25, 0.3) is 0 Å². The molecule has 0 aromatic heterocycles. The Kier molecular flexibility index (Phi) is 3.62. The summed E-state index contributed by atoms with van der Waals surface area (Å²) in [6, 6.07) is 0. The van der Waals surface area contributed by atoms with Crippen molar-refractivity contribution in [3.8, 4) is 0 Å². The molecule has 0 radical (unpaired) electrons. The molecular formula is C11H18ClNO4. The Labute approximate surface area is 106 Å². The molecule has 0 saturated carbocycles. The number of carbonyl (C=O) groups excluding carboxylic acids is 1. The van der Waals surface area contributed by atoms with E-state index < -0.39 is 23.2 Å².